The van der Waals surface area contributed by atoms with E-state index in [2.05, 4.69) is 5.32 Å². The smallest absolute Gasteiger partial charge is 0.142 e. The standard InChI is InChI=1S/C14H21NO3/c1-16-12-3-4-14(17-2)13(9-12)15-10-11-5-7-18-8-6-11/h3-4,9,11,15H,5-8,10H2,1-2H3. The van der Waals surface area contributed by atoms with Crippen molar-refractivity contribution in [1.29, 1.82) is 0 Å². The summed E-state index contributed by atoms with van der Waals surface area (Å²) in [5, 5.41) is 3.45. The first-order valence-electron chi connectivity index (χ1n) is 6.37. The molecule has 100 valence electrons. The van der Waals surface area contributed by atoms with Crippen LogP contribution in [0.15, 0.2) is 18.2 Å². The van der Waals surface area contributed by atoms with Crippen molar-refractivity contribution in [1.82, 2.24) is 0 Å². The van der Waals surface area contributed by atoms with E-state index in [0.29, 0.717) is 5.92 Å². The Labute approximate surface area is 108 Å². The molecule has 0 unspecified atom stereocenters. The average Bonchev–Trinajstić information content (AvgIpc) is 2.45. The number of methoxy groups -OCH3 is 2. The Balaban J connectivity index is 1.97. The van der Waals surface area contributed by atoms with Gasteiger partial charge in [0.25, 0.3) is 0 Å². The molecule has 0 amide bonds. The van der Waals surface area contributed by atoms with Crippen molar-refractivity contribution in [2.45, 2.75) is 12.8 Å². The highest BCUT2D eigenvalue weighted by molar-refractivity contribution is 5.59. The minimum absolute atomic E-state index is 0.676. The van der Waals surface area contributed by atoms with Crippen LogP contribution in [-0.2, 0) is 4.74 Å². The Morgan fingerprint density at radius 3 is 2.67 bits per heavy atom. The van der Waals surface area contributed by atoms with Crippen LogP contribution in [-0.4, -0.2) is 34.0 Å². The highest BCUT2D eigenvalue weighted by atomic mass is 16.5. The third-order valence-corrected chi connectivity index (χ3v) is 3.33. The van der Waals surface area contributed by atoms with Gasteiger partial charge in [-0.1, -0.05) is 0 Å². The van der Waals surface area contributed by atoms with Crippen LogP contribution in [0.1, 0.15) is 12.8 Å². The van der Waals surface area contributed by atoms with E-state index in [4.69, 9.17) is 14.2 Å². The molecule has 0 saturated carbocycles. The van der Waals surface area contributed by atoms with Gasteiger partial charge in [0.1, 0.15) is 11.5 Å². The van der Waals surface area contributed by atoms with Crippen LogP contribution in [0.5, 0.6) is 11.5 Å². The Bertz CT molecular complexity index is 375. The van der Waals surface area contributed by atoms with E-state index in [-0.39, 0.29) is 0 Å². The lowest BCUT2D eigenvalue weighted by Gasteiger charge is -2.23. The zero-order chi connectivity index (χ0) is 12.8. The van der Waals surface area contributed by atoms with Crippen molar-refractivity contribution in [3.63, 3.8) is 0 Å². The molecule has 4 heteroatoms. The Morgan fingerprint density at radius 2 is 2.00 bits per heavy atom. The number of anilines is 1. The second kappa shape index (κ2) is 6.50. The highest BCUT2D eigenvalue weighted by Gasteiger charge is 2.14. The first kappa shape index (κ1) is 13.0. The van der Waals surface area contributed by atoms with Gasteiger partial charge in [0.05, 0.1) is 19.9 Å². The fourth-order valence-corrected chi connectivity index (χ4v) is 2.16. The summed E-state index contributed by atoms with van der Waals surface area (Å²) in [5.41, 5.74) is 0.989. The predicted molar refractivity (Wildman–Crippen MR) is 71.6 cm³/mol. The molecule has 0 aliphatic carbocycles. The van der Waals surface area contributed by atoms with Gasteiger partial charge in [0.15, 0.2) is 0 Å². The molecule has 1 aromatic rings. The van der Waals surface area contributed by atoms with Crippen molar-refractivity contribution in [3.05, 3.63) is 18.2 Å². The van der Waals surface area contributed by atoms with Gasteiger partial charge in [-0.3, -0.25) is 0 Å². The van der Waals surface area contributed by atoms with Gasteiger partial charge in [0.2, 0.25) is 0 Å². The summed E-state index contributed by atoms with van der Waals surface area (Å²) in [6, 6.07) is 5.79. The number of benzene rings is 1. The largest absolute Gasteiger partial charge is 0.497 e. The summed E-state index contributed by atoms with van der Waals surface area (Å²) in [6.45, 7) is 2.70. The summed E-state index contributed by atoms with van der Waals surface area (Å²) >= 11 is 0. The van der Waals surface area contributed by atoms with Gasteiger partial charge in [-0.05, 0) is 30.9 Å². The van der Waals surface area contributed by atoms with Crippen LogP contribution < -0.4 is 14.8 Å². The minimum atomic E-state index is 0.676. The second-order valence-corrected chi connectivity index (χ2v) is 4.50. The molecule has 0 atom stereocenters. The second-order valence-electron chi connectivity index (χ2n) is 4.50. The van der Waals surface area contributed by atoms with E-state index in [0.717, 1.165) is 49.8 Å². The molecule has 2 rings (SSSR count). The molecule has 1 fully saturated rings. The molecule has 0 aromatic heterocycles. The third-order valence-electron chi connectivity index (χ3n) is 3.33. The van der Waals surface area contributed by atoms with Gasteiger partial charge < -0.3 is 19.5 Å². The molecule has 1 aliphatic heterocycles. The molecule has 0 bridgehead atoms. The predicted octanol–water partition coefficient (Wildman–Crippen LogP) is 2.54. The number of ether oxygens (including phenoxy) is 3. The summed E-state index contributed by atoms with van der Waals surface area (Å²) in [6.07, 6.45) is 2.25. The number of rotatable bonds is 5. The SMILES string of the molecule is COc1ccc(OC)c(NCC2CCOCC2)c1. The molecular formula is C14H21NO3. The molecule has 0 radical (unpaired) electrons. The maximum atomic E-state index is 5.36. The zero-order valence-corrected chi connectivity index (χ0v) is 11.1. The van der Waals surface area contributed by atoms with Gasteiger partial charge in [-0.25, -0.2) is 0 Å². The molecule has 1 aliphatic rings. The first-order chi connectivity index (χ1) is 8.83. The van der Waals surface area contributed by atoms with Crippen molar-refractivity contribution >= 4 is 5.69 Å². The Kier molecular flexibility index (Phi) is 4.70. The summed E-state index contributed by atoms with van der Waals surface area (Å²) < 4.78 is 15.9. The molecule has 1 N–H and O–H groups in total. The van der Waals surface area contributed by atoms with Crippen LogP contribution in [0, 0.1) is 5.92 Å². The quantitative estimate of drug-likeness (QED) is 0.873. The molecule has 4 nitrogen and oxygen atoms in total. The van der Waals surface area contributed by atoms with E-state index in [1.807, 2.05) is 18.2 Å². The monoisotopic (exact) mass is 251 g/mol. The molecule has 0 spiro atoms. The van der Waals surface area contributed by atoms with E-state index >= 15 is 0 Å². The van der Waals surface area contributed by atoms with Gasteiger partial charge in [0, 0.05) is 25.8 Å². The van der Waals surface area contributed by atoms with Gasteiger partial charge in [-0.2, -0.15) is 0 Å². The maximum absolute atomic E-state index is 5.36. The highest BCUT2D eigenvalue weighted by Crippen LogP contribution is 2.29. The lowest BCUT2D eigenvalue weighted by Crippen LogP contribution is -2.22. The van der Waals surface area contributed by atoms with E-state index < -0.39 is 0 Å². The summed E-state index contributed by atoms with van der Waals surface area (Å²) in [7, 11) is 3.35. The molecule has 1 aromatic carbocycles. The summed E-state index contributed by atoms with van der Waals surface area (Å²) in [4.78, 5) is 0. The van der Waals surface area contributed by atoms with Crippen LogP contribution in [0.25, 0.3) is 0 Å². The fraction of sp³-hybridized carbons (Fsp3) is 0.571. The van der Waals surface area contributed by atoms with Crippen LogP contribution in [0.4, 0.5) is 5.69 Å². The van der Waals surface area contributed by atoms with Crippen LogP contribution in [0.2, 0.25) is 0 Å². The van der Waals surface area contributed by atoms with Crippen molar-refractivity contribution in [2.24, 2.45) is 5.92 Å². The van der Waals surface area contributed by atoms with E-state index in [1.54, 1.807) is 14.2 Å². The number of nitrogens with one attached hydrogen (secondary N) is 1. The Hall–Kier alpha value is -1.42. The fourth-order valence-electron chi connectivity index (χ4n) is 2.16. The van der Waals surface area contributed by atoms with Gasteiger partial charge in [-0.15, -0.1) is 0 Å². The first-order valence-corrected chi connectivity index (χ1v) is 6.37. The molecule has 1 heterocycles. The molecule has 1 saturated heterocycles. The number of hydrogen-bond donors (Lipinski definition) is 1. The minimum Gasteiger partial charge on any atom is -0.497 e. The normalized spacial score (nSPS) is 16.3. The van der Waals surface area contributed by atoms with E-state index in [1.165, 1.54) is 0 Å². The average molecular weight is 251 g/mol. The number of hydrogen-bond acceptors (Lipinski definition) is 4. The van der Waals surface area contributed by atoms with Crippen LogP contribution >= 0.6 is 0 Å². The van der Waals surface area contributed by atoms with Crippen molar-refractivity contribution in [2.75, 3.05) is 39.3 Å². The molecule has 18 heavy (non-hydrogen) atoms. The zero-order valence-electron chi connectivity index (χ0n) is 11.1. The van der Waals surface area contributed by atoms with Crippen LogP contribution in [0.3, 0.4) is 0 Å². The van der Waals surface area contributed by atoms with E-state index in [9.17, 15) is 0 Å². The summed E-state index contributed by atoms with van der Waals surface area (Å²) in [5.74, 6) is 2.36. The third kappa shape index (κ3) is 3.29. The maximum Gasteiger partial charge on any atom is 0.142 e. The van der Waals surface area contributed by atoms with Crippen molar-refractivity contribution in [3.8, 4) is 11.5 Å². The topological polar surface area (TPSA) is 39.7 Å². The lowest BCUT2D eigenvalue weighted by molar-refractivity contribution is 0.0699. The lowest BCUT2D eigenvalue weighted by atomic mass is 10.0. The molecular weight excluding hydrogens is 230 g/mol. The Morgan fingerprint density at radius 1 is 1.22 bits per heavy atom. The van der Waals surface area contributed by atoms with Gasteiger partial charge >= 0.3 is 0 Å². The van der Waals surface area contributed by atoms with Crippen molar-refractivity contribution < 1.29 is 14.2 Å².